The minimum absolute atomic E-state index is 0.0156. The highest BCUT2D eigenvalue weighted by Crippen LogP contribution is 2.31. The van der Waals surface area contributed by atoms with Gasteiger partial charge in [-0.05, 0) is 23.6 Å². The number of nitrogen functional groups attached to an aromatic ring is 2. The molecule has 0 fully saturated rings. The van der Waals surface area contributed by atoms with Crippen LogP contribution in [0.15, 0.2) is 42.5 Å². The lowest BCUT2D eigenvalue weighted by atomic mass is 10.0. The molecule has 1 atom stereocenters. The number of ether oxygens (including phenoxy) is 2. The van der Waals surface area contributed by atoms with Gasteiger partial charge in [-0.2, -0.15) is 0 Å². The van der Waals surface area contributed by atoms with Crippen molar-refractivity contribution in [3.05, 3.63) is 59.2 Å². The Morgan fingerprint density at radius 3 is 2.24 bits per heavy atom. The van der Waals surface area contributed by atoms with E-state index in [4.69, 9.17) is 27.0 Å². The number of aromatic nitrogens is 1. The van der Waals surface area contributed by atoms with E-state index in [1.165, 1.54) is 14.2 Å². The first-order valence-corrected chi connectivity index (χ1v) is 10.6. The molecule has 0 amide bonds. The van der Waals surface area contributed by atoms with E-state index in [0.29, 0.717) is 24.1 Å². The Labute approximate surface area is 196 Å². The van der Waals surface area contributed by atoms with Crippen LogP contribution in [0.25, 0.3) is 22.2 Å². The highest BCUT2D eigenvalue weighted by atomic mass is 16.5. The monoisotopic (exact) mass is 464 g/mol. The molecule has 0 aliphatic carbocycles. The Morgan fingerprint density at radius 1 is 1.00 bits per heavy atom. The molecule has 1 unspecified atom stereocenters. The van der Waals surface area contributed by atoms with E-state index in [2.05, 4.69) is 15.0 Å². The summed E-state index contributed by atoms with van der Waals surface area (Å²) in [7, 11) is 2.53. The second-order valence-electron chi connectivity index (χ2n) is 7.70. The normalized spacial score (nSPS) is 11.7. The fourth-order valence-corrected chi connectivity index (χ4v) is 3.75. The molecule has 2 aromatic carbocycles. The number of carbonyl (C=O) groups excluding carboxylic acids is 2. The number of aromatic amines is 1. The average molecular weight is 465 g/mol. The van der Waals surface area contributed by atoms with Crippen molar-refractivity contribution in [1.29, 1.82) is 10.8 Å². The van der Waals surface area contributed by atoms with Gasteiger partial charge in [-0.3, -0.25) is 20.4 Å². The maximum absolute atomic E-state index is 12.1. The molecule has 0 aliphatic heterocycles. The van der Waals surface area contributed by atoms with Crippen LogP contribution in [-0.4, -0.2) is 55.4 Å². The van der Waals surface area contributed by atoms with E-state index >= 15 is 0 Å². The number of hydrogen-bond donors (Lipinski definition) is 6. The SMILES string of the molecule is COC(=O)CC(NCCc1c(-c2ccc(C(=N)N)cc2)[nH]c2cc(C(=N)N)ccc12)C(=O)OC. The first-order chi connectivity index (χ1) is 16.2. The number of carbonyl (C=O) groups is 2. The number of fused-ring (bicyclic) bond motifs is 1. The minimum Gasteiger partial charge on any atom is -0.469 e. The smallest absolute Gasteiger partial charge is 0.323 e. The van der Waals surface area contributed by atoms with Crippen LogP contribution in [0, 0.1) is 10.8 Å². The first kappa shape index (κ1) is 24.5. The van der Waals surface area contributed by atoms with Crippen molar-refractivity contribution in [2.75, 3.05) is 20.8 Å². The molecule has 3 rings (SSSR count). The molecular formula is C24H28N6O4. The van der Waals surface area contributed by atoms with Gasteiger partial charge in [0.15, 0.2) is 0 Å². The highest BCUT2D eigenvalue weighted by molar-refractivity contribution is 6.01. The number of nitrogens with one attached hydrogen (secondary N) is 4. The van der Waals surface area contributed by atoms with Crippen molar-refractivity contribution in [3.8, 4) is 11.3 Å². The van der Waals surface area contributed by atoms with Crippen LogP contribution in [0.4, 0.5) is 0 Å². The number of H-pyrrole nitrogens is 1. The molecule has 0 spiro atoms. The molecule has 0 bridgehead atoms. The molecule has 0 saturated carbocycles. The van der Waals surface area contributed by atoms with E-state index in [9.17, 15) is 9.59 Å². The molecule has 0 aliphatic rings. The second kappa shape index (κ2) is 10.6. The van der Waals surface area contributed by atoms with Crippen LogP contribution in [0.5, 0.6) is 0 Å². The minimum atomic E-state index is -0.828. The summed E-state index contributed by atoms with van der Waals surface area (Å²) in [6.07, 6.45) is 0.385. The van der Waals surface area contributed by atoms with Gasteiger partial charge in [0, 0.05) is 34.3 Å². The number of hydrogen-bond acceptors (Lipinski definition) is 7. The van der Waals surface area contributed by atoms with Gasteiger partial charge in [0.05, 0.1) is 20.6 Å². The lowest BCUT2D eigenvalue weighted by Crippen LogP contribution is -2.40. The van der Waals surface area contributed by atoms with Gasteiger partial charge in [0.2, 0.25) is 0 Å². The number of nitrogens with two attached hydrogens (primary N) is 2. The van der Waals surface area contributed by atoms with E-state index in [-0.39, 0.29) is 18.1 Å². The van der Waals surface area contributed by atoms with Crippen molar-refractivity contribution in [2.24, 2.45) is 11.5 Å². The molecule has 0 saturated heterocycles. The standard InChI is InChI=1S/C24H28N6O4/c1-33-20(31)12-19(24(32)34-2)29-10-9-17-16-8-7-15(23(27)28)11-18(16)30-21(17)13-3-5-14(6-4-13)22(25)26/h3-8,11,19,29-30H,9-10,12H2,1-2H3,(H3,25,26)(H3,27,28). The predicted octanol–water partition coefficient (Wildman–Crippen LogP) is 1.64. The Bertz CT molecular complexity index is 1230. The molecule has 1 heterocycles. The number of methoxy groups -OCH3 is 2. The van der Waals surface area contributed by atoms with Crippen molar-refractivity contribution in [1.82, 2.24) is 10.3 Å². The van der Waals surface area contributed by atoms with Crippen LogP contribution >= 0.6 is 0 Å². The van der Waals surface area contributed by atoms with Gasteiger partial charge in [-0.15, -0.1) is 0 Å². The van der Waals surface area contributed by atoms with E-state index < -0.39 is 18.0 Å². The Kier molecular flexibility index (Phi) is 7.64. The number of esters is 2. The van der Waals surface area contributed by atoms with Crippen LogP contribution in [0.1, 0.15) is 23.1 Å². The topological polar surface area (TPSA) is 180 Å². The molecule has 3 aromatic rings. The molecule has 0 radical (unpaired) electrons. The van der Waals surface area contributed by atoms with E-state index in [1.54, 1.807) is 18.2 Å². The summed E-state index contributed by atoms with van der Waals surface area (Å²) in [5.41, 5.74) is 16.0. The largest absolute Gasteiger partial charge is 0.469 e. The summed E-state index contributed by atoms with van der Waals surface area (Å²) in [6, 6.07) is 12.0. The lowest BCUT2D eigenvalue weighted by molar-refractivity contribution is -0.149. The highest BCUT2D eigenvalue weighted by Gasteiger charge is 2.23. The van der Waals surface area contributed by atoms with Gasteiger partial charge in [0.25, 0.3) is 0 Å². The van der Waals surface area contributed by atoms with E-state index in [1.807, 2.05) is 24.3 Å². The summed E-state index contributed by atoms with van der Waals surface area (Å²) in [4.78, 5) is 27.2. The summed E-state index contributed by atoms with van der Waals surface area (Å²) in [6.45, 7) is 0.386. The zero-order chi connectivity index (χ0) is 24.8. The third kappa shape index (κ3) is 5.41. The maximum Gasteiger partial charge on any atom is 0.323 e. The Hall–Kier alpha value is -4.18. The van der Waals surface area contributed by atoms with Gasteiger partial charge in [-0.1, -0.05) is 36.4 Å². The maximum atomic E-state index is 12.1. The number of amidine groups is 2. The third-order valence-corrected chi connectivity index (χ3v) is 5.55. The molecule has 1 aromatic heterocycles. The van der Waals surface area contributed by atoms with Crippen molar-refractivity contribution in [3.63, 3.8) is 0 Å². The Morgan fingerprint density at radius 2 is 1.65 bits per heavy atom. The fourth-order valence-electron chi connectivity index (χ4n) is 3.75. The van der Waals surface area contributed by atoms with Gasteiger partial charge in [0.1, 0.15) is 17.7 Å². The fraction of sp³-hybridized carbons (Fsp3) is 0.250. The number of benzene rings is 2. The summed E-state index contributed by atoms with van der Waals surface area (Å²) >= 11 is 0. The molecule has 178 valence electrons. The summed E-state index contributed by atoms with van der Waals surface area (Å²) < 4.78 is 9.48. The predicted molar refractivity (Wildman–Crippen MR) is 130 cm³/mol. The number of rotatable bonds is 10. The molecule has 34 heavy (non-hydrogen) atoms. The molecule has 10 nitrogen and oxygen atoms in total. The van der Waals surface area contributed by atoms with Crippen LogP contribution < -0.4 is 16.8 Å². The summed E-state index contributed by atoms with van der Waals surface area (Å²) in [5.74, 6) is -1.11. The van der Waals surface area contributed by atoms with Crippen LogP contribution in [-0.2, 0) is 25.5 Å². The zero-order valence-corrected chi connectivity index (χ0v) is 19.0. The molecule has 8 N–H and O–H groups in total. The first-order valence-electron chi connectivity index (χ1n) is 10.6. The average Bonchev–Trinajstić information content (AvgIpc) is 3.20. The van der Waals surface area contributed by atoms with Crippen molar-refractivity contribution >= 4 is 34.5 Å². The van der Waals surface area contributed by atoms with Crippen molar-refractivity contribution in [2.45, 2.75) is 18.9 Å². The van der Waals surface area contributed by atoms with E-state index in [0.717, 1.165) is 27.7 Å². The second-order valence-corrected chi connectivity index (χ2v) is 7.70. The zero-order valence-electron chi connectivity index (χ0n) is 19.0. The molecular weight excluding hydrogens is 436 g/mol. The van der Waals surface area contributed by atoms with Crippen molar-refractivity contribution < 1.29 is 19.1 Å². The molecule has 10 heteroatoms. The summed E-state index contributed by atoms with van der Waals surface area (Å²) in [5, 5.41) is 19.4. The van der Waals surface area contributed by atoms with Gasteiger partial charge < -0.3 is 31.2 Å². The van der Waals surface area contributed by atoms with Crippen LogP contribution in [0.3, 0.4) is 0 Å². The Balaban J connectivity index is 1.94. The quantitative estimate of drug-likeness (QED) is 0.150. The van der Waals surface area contributed by atoms with Crippen LogP contribution in [0.2, 0.25) is 0 Å². The third-order valence-electron chi connectivity index (χ3n) is 5.55. The van der Waals surface area contributed by atoms with Gasteiger partial charge >= 0.3 is 11.9 Å². The lowest BCUT2D eigenvalue weighted by Gasteiger charge is -2.15. The van der Waals surface area contributed by atoms with Gasteiger partial charge in [-0.25, -0.2) is 0 Å².